The van der Waals surface area contributed by atoms with Gasteiger partial charge in [-0.15, -0.1) is 11.3 Å². The molecule has 0 aliphatic heterocycles. The molecule has 0 bridgehead atoms. The van der Waals surface area contributed by atoms with E-state index >= 15 is 0 Å². The van der Waals surface area contributed by atoms with Gasteiger partial charge in [0.2, 0.25) is 0 Å². The Hall–Kier alpha value is -0.450. The summed E-state index contributed by atoms with van der Waals surface area (Å²) in [5.41, 5.74) is 2.97. The van der Waals surface area contributed by atoms with Gasteiger partial charge in [0.1, 0.15) is 0 Å². The summed E-state index contributed by atoms with van der Waals surface area (Å²) in [5, 5.41) is 12.3. The Morgan fingerprint density at radius 3 is 3.00 bits per heavy atom. The number of nitrogens with one attached hydrogen (secondary N) is 1. The van der Waals surface area contributed by atoms with Crippen LogP contribution in [0.5, 0.6) is 0 Å². The normalized spacial score (nSPS) is 13.2. The third kappa shape index (κ3) is 3.85. The zero-order valence-electron chi connectivity index (χ0n) is 8.08. The highest BCUT2D eigenvalue weighted by Gasteiger charge is 2.00. The summed E-state index contributed by atoms with van der Waals surface area (Å²) >= 11 is 1.67. The lowest BCUT2D eigenvalue weighted by atomic mass is 10.3. The molecular weight excluding hydrogens is 184 g/mol. The Morgan fingerprint density at radius 2 is 2.46 bits per heavy atom. The highest BCUT2D eigenvalue weighted by molar-refractivity contribution is 7.09. The summed E-state index contributed by atoms with van der Waals surface area (Å²) in [6.07, 6.45) is 0.591. The predicted octanol–water partition coefficient (Wildman–Crippen LogP) is 1.31. The lowest BCUT2D eigenvalue weighted by Crippen LogP contribution is -2.18. The summed E-state index contributed by atoms with van der Waals surface area (Å²) in [6, 6.07) is 0. The van der Waals surface area contributed by atoms with Gasteiger partial charge in [-0.2, -0.15) is 0 Å². The van der Waals surface area contributed by atoms with Crippen molar-refractivity contribution in [2.45, 2.75) is 32.9 Å². The first-order valence-electron chi connectivity index (χ1n) is 4.48. The van der Waals surface area contributed by atoms with E-state index < -0.39 is 0 Å². The summed E-state index contributed by atoms with van der Waals surface area (Å²) in [4.78, 5) is 5.44. The molecule has 1 rings (SSSR count). The van der Waals surface area contributed by atoms with Gasteiger partial charge in [-0.25, -0.2) is 4.98 Å². The summed E-state index contributed by atoms with van der Waals surface area (Å²) in [6.45, 7) is 5.54. The molecule has 0 saturated carbocycles. The molecule has 0 aliphatic carbocycles. The highest BCUT2D eigenvalue weighted by atomic mass is 32.1. The summed E-state index contributed by atoms with van der Waals surface area (Å²) in [7, 11) is 0. The monoisotopic (exact) mass is 200 g/mol. The fourth-order valence-corrected chi connectivity index (χ4v) is 1.76. The first-order valence-corrected chi connectivity index (χ1v) is 5.36. The summed E-state index contributed by atoms with van der Waals surface area (Å²) in [5.74, 6) is 0. The van der Waals surface area contributed by atoms with Crippen LogP contribution in [0.1, 0.15) is 23.9 Å². The van der Waals surface area contributed by atoms with Crippen LogP contribution in [0, 0.1) is 6.92 Å². The molecule has 0 amide bonds. The SMILES string of the molecule is Cc1ncsc1CNCC[C@H](C)O. The molecular formula is C9H16N2OS. The van der Waals surface area contributed by atoms with Gasteiger partial charge in [0, 0.05) is 11.4 Å². The van der Waals surface area contributed by atoms with Gasteiger partial charge in [-0.05, 0) is 26.8 Å². The molecule has 3 nitrogen and oxygen atoms in total. The minimum absolute atomic E-state index is 0.213. The molecule has 2 N–H and O–H groups in total. The first kappa shape index (κ1) is 10.6. The van der Waals surface area contributed by atoms with Crippen LogP contribution in [0.15, 0.2) is 5.51 Å². The van der Waals surface area contributed by atoms with E-state index in [1.54, 1.807) is 18.3 Å². The molecule has 1 heterocycles. The molecule has 13 heavy (non-hydrogen) atoms. The van der Waals surface area contributed by atoms with E-state index in [9.17, 15) is 0 Å². The number of aliphatic hydroxyl groups excluding tert-OH is 1. The molecule has 0 fully saturated rings. The van der Waals surface area contributed by atoms with Crippen LogP contribution in [0.3, 0.4) is 0 Å². The van der Waals surface area contributed by atoms with Crippen molar-refractivity contribution < 1.29 is 5.11 Å². The molecule has 4 heteroatoms. The fourth-order valence-electron chi connectivity index (χ4n) is 1.01. The van der Waals surface area contributed by atoms with Gasteiger partial charge < -0.3 is 10.4 Å². The van der Waals surface area contributed by atoms with E-state index in [-0.39, 0.29) is 6.10 Å². The number of hydrogen-bond acceptors (Lipinski definition) is 4. The molecule has 1 aromatic rings. The number of hydrogen-bond donors (Lipinski definition) is 2. The number of rotatable bonds is 5. The molecule has 0 aliphatic rings. The highest BCUT2D eigenvalue weighted by Crippen LogP contribution is 2.10. The topological polar surface area (TPSA) is 45.2 Å². The van der Waals surface area contributed by atoms with Crippen LogP contribution in [-0.2, 0) is 6.54 Å². The molecule has 74 valence electrons. The van der Waals surface area contributed by atoms with Crippen molar-refractivity contribution in [1.82, 2.24) is 10.3 Å². The van der Waals surface area contributed by atoms with Gasteiger partial charge in [-0.1, -0.05) is 0 Å². The van der Waals surface area contributed by atoms with Crippen molar-refractivity contribution in [3.8, 4) is 0 Å². The molecule has 0 radical (unpaired) electrons. The Kier molecular flexibility index (Phi) is 4.35. The van der Waals surface area contributed by atoms with E-state index in [0.29, 0.717) is 0 Å². The number of thiazole rings is 1. The molecule has 0 saturated heterocycles. The van der Waals surface area contributed by atoms with Crippen LogP contribution in [0.4, 0.5) is 0 Å². The third-order valence-electron chi connectivity index (χ3n) is 1.87. The van der Waals surface area contributed by atoms with E-state index in [0.717, 1.165) is 25.2 Å². The van der Waals surface area contributed by atoms with Crippen molar-refractivity contribution in [1.29, 1.82) is 0 Å². The largest absolute Gasteiger partial charge is 0.393 e. The molecule has 0 unspecified atom stereocenters. The lowest BCUT2D eigenvalue weighted by Gasteiger charge is -2.05. The number of nitrogens with zero attached hydrogens (tertiary/aromatic N) is 1. The van der Waals surface area contributed by atoms with Crippen molar-refractivity contribution in [3.63, 3.8) is 0 Å². The Morgan fingerprint density at radius 1 is 1.69 bits per heavy atom. The second-order valence-corrected chi connectivity index (χ2v) is 4.11. The standard InChI is InChI=1S/C9H16N2OS/c1-7(12)3-4-10-5-9-8(2)11-6-13-9/h6-7,10,12H,3-5H2,1-2H3/t7-/m0/s1. The quantitative estimate of drug-likeness (QED) is 0.704. The molecule has 0 spiro atoms. The Labute approximate surface area is 82.8 Å². The lowest BCUT2D eigenvalue weighted by molar-refractivity contribution is 0.183. The maximum Gasteiger partial charge on any atom is 0.0798 e. The van der Waals surface area contributed by atoms with Gasteiger partial charge in [0.05, 0.1) is 17.3 Å². The van der Waals surface area contributed by atoms with Crippen LogP contribution in [0.2, 0.25) is 0 Å². The van der Waals surface area contributed by atoms with Gasteiger partial charge in [-0.3, -0.25) is 0 Å². The minimum atomic E-state index is -0.213. The first-order chi connectivity index (χ1) is 6.20. The van der Waals surface area contributed by atoms with Gasteiger partial charge in [0.25, 0.3) is 0 Å². The van der Waals surface area contributed by atoms with Crippen LogP contribution in [0.25, 0.3) is 0 Å². The van der Waals surface area contributed by atoms with E-state index in [4.69, 9.17) is 5.11 Å². The maximum atomic E-state index is 9.01. The molecule has 1 atom stereocenters. The van der Waals surface area contributed by atoms with Gasteiger partial charge in [0.15, 0.2) is 0 Å². The number of aryl methyl sites for hydroxylation is 1. The van der Waals surface area contributed by atoms with Gasteiger partial charge >= 0.3 is 0 Å². The van der Waals surface area contributed by atoms with Crippen molar-refractivity contribution in [2.75, 3.05) is 6.54 Å². The minimum Gasteiger partial charge on any atom is -0.393 e. The second-order valence-electron chi connectivity index (χ2n) is 3.18. The predicted molar refractivity (Wildman–Crippen MR) is 54.9 cm³/mol. The smallest absolute Gasteiger partial charge is 0.0798 e. The number of aliphatic hydroxyl groups is 1. The van der Waals surface area contributed by atoms with E-state index in [2.05, 4.69) is 10.3 Å². The van der Waals surface area contributed by atoms with Crippen molar-refractivity contribution in [2.24, 2.45) is 0 Å². The average Bonchev–Trinajstić information content (AvgIpc) is 2.45. The van der Waals surface area contributed by atoms with Crippen LogP contribution in [-0.4, -0.2) is 22.7 Å². The maximum absolute atomic E-state index is 9.01. The Balaban J connectivity index is 2.17. The summed E-state index contributed by atoms with van der Waals surface area (Å²) < 4.78 is 0. The van der Waals surface area contributed by atoms with Crippen LogP contribution < -0.4 is 5.32 Å². The van der Waals surface area contributed by atoms with Crippen molar-refractivity contribution >= 4 is 11.3 Å². The van der Waals surface area contributed by atoms with E-state index in [1.165, 1.54) is 4.88 Å². The second kappa shape index (κ2) is 5.32. The van der Waals surface area contributed by atoms with Crippen molar-refractivity contribution in [3.05, 3.63) is 16.1 Å². The Bertz CT molecular complexity index is 248. The zero-order valence-corrected chi connectivity index (χ0v) is 8.90. The van der Waals surface area contributed by atoms with Crippen LogP contribution >= 0.6 is 11.3 Å². The number of aromatic nitrogens is 1. The molecule has 0 aromatic carbocycles. The average molecular weight is 200 g/mol. The molecule has 1 aromatic heterocycles. The fraction of sp³-hybridized carbons (Fsp3) is 0.667. The zero-order chi connectivity index (χ0) is 9.68. The third-order valence-corrected chi connectivity index (χ3v) is 2.80. The van der Waals surface area contributed by atoms with E-state index in [1.807, 2.05) is 12.4 Å².